The minimum atomic E-state index is 0.726. The first-order valence-electron chi connectivity index (χ1n) is 3.78. The van der Waals surface area contributed by atoms with Crippen LogP contribution in [0.2, 0.25) is 0 Å². The average molecular weight is 242 g/mol. The standard InChI is InChI=1S/C8H8BrN3O/c1-5-10-8-6(13-2)3-4-7(9)12(8)11-5/h3-4H,1-2H3. The molecule has 0 spiro atoms. The zero-order valence-electron chi connectivity index (χ0n) is 7.28. The molecule has 0 radical (unpaired) electrons. The largest absolute Gasteiger partial charge is 0.493 e. The van der Waals surface area contributed by atoms with Gasteiger partial charge in [-0.1, -0.05) is 0 Å². The number of nitrogens with zero attached hydrogens (tertiary/aromatic N) is 3. The molecule has 0 unspecified atom stereocenters. The summed E-state index contributed by atoms with van der Waals surface area (Å²) in [5.74, 6) is 1.45. The van der Waals surface area contributed by atoms with Crippen LogP contribution in [0.25, 0.3) is 5.65 Å². The second-order valence-electron chi connectivity index (χ2n) is 2.62. The van der Waals surface area contributed by atoms with E-state index in [4.69, 9.17) is 4.74 Å². The highest BCUT2D eigenvalue weighted by Crippen LogP contribution is 2.21. The van der Waals surface area contributed by atoms with Crippen LogP contribution in [0.1, 0.15) is 5.82 Å². The molecule has 2 rings (SSSR count). The maximum absolute atomic E-state index is 5.15. The van der Waals surface area contributed by atoms with Crippen LogP contribution in [-0.4, -0.2) is 21.7 Å². The molecule has 2 aromatic rings. The molecular formula is C8H8BrN3O. The summed E-state index contributed by atoms with van der Waals surface area (Å²) in [5, 5.41) is 4.20. The van der Waals surface area contributed by atoms with E-state index >= 15 is 0 Å². The number of aromatic nitrogens is 3. The van der Waals surface area contributed by atoms with Crippen molar-refractivity contribution in [1.82, 2.24) is 14.6 Å². The Morgan fingerprint density at radius 2 is 2.23 bits per heavy atom. The quantitative estimate of drug-likeness (QED) is 0.716. The third kappa shape index (κ3) is 1.29. The van der Waals surface area contributed by atoms with Crippen molar-refractivity contribution < 1.29 is 4.74 Å². The summed E-state index contributed by atoms with van der Waals surface area (Å²) in [5.41, 5.74) is 0.731. The molecule has 0 N–H and O–H groups in total. The summed E-state index contributed by atoms with van der Waals surface area (Å²) < 4.78 is 7.72. The van der Waals surface area contributed by atoms with Gasteiger partial charge in [0.15, 0.2) is 11.4 Å². The number of halogens is 1. The number of hydrogen-bond acceptors (Lipinski definition) is 3. The van der Waals surface area contributed by atoms with Crippen LogP contribution in [0, 0.1) is 6.92 Å². The molecule has 0 saturated heterocycles. The van der Waals surface area contributed by atoms with E-state index in [0.717, 1.165) is 21.8 Å². The van der Waals surface area contributed by atoms with E-state index in [1.165, 1.54) is 0 Å². The number of hydrogen-bond donors (Lipinski definition) is 0. The van der Waals surface area contributed by atoms with Crippen LogP contribution in [0.15, 0.2) is 16.7 Å². The van der Waals surface area contributed by atoms with Crippen molar-refractivity contribution in [2.24, 2.45) is 0 Å². The second-order valence-corrected chi connectivity index (χ2v) is 3.43. The van der Waals surface area contributed by atoms with E-state index in [1.807, 2.05) is 19.1 Å². The van der Waals surface area contributed by atoms with E-state index in [2.05, 4.69) is 26.0 Å². The highest BCUT2D eigenvalue weighted by atomic mass is 79.9. The van der Waals surface area contributed by atoms with E-state index < -0.39 is 0 Å². The fourth-order valence-electron chi connectivity index (χ4n) is 1.17. The molecule has 68 valence electrons. The lowest BCUT2D eigenvalue weighted by atomic mass is 10.4. The van der Waals surface area contributed by atoms with E-state index in [1.54, 1.807) is 11.6 Å². The maximum Gasteiger partial charge on any atom is 0.199 e. The summed E-state index contributed by atoms with van der Waals surface area (Å²) >= 11 is 3.38. The van der Waals surface area contributed by atoms with Gasteiger partial charge in [-0.3, -0.25) is 0 Å². The van der Waals surface area contributed by atoms with Crippen LogP contribution in [0.3, 0.4) is 0 Å². The molecule has 0 atom stereocenters. The normalized spacial score (nSPS) is 10.7. The third-order valence-corrected chi connectivity index (χ3v) is 2.33. The van der Waals surface area contributed by atoms with Crippen LogP contribution in [0.5, 0.6) is 5.75 Å². The van der Waals surface area contributed by atoms with Gasteiger partial charge >= 0.3 is 0 Å². The Labute approximate surface area is 83.7 Å². The number of ether oxygens (including phenoxy) is 1. The Morgan fingerprint density at radius 1 is 1.46 bits per heavy atom. The molecule has 2 heterocycles. The Bertz CT molecular complexity index is 452. The first kappa shape index (κ1) is 8.50. The van der Waals surface area contributed by atoms with Gasteiger partial charge in [0, 0.05) is 0 Å². The van der Waals surface area contributed by atoms with Gasteiger partial charge in [-0.2, -0.15) is 5.10 Å². The predicted molar refractivity (Wildman–Crippen MR) is 52.0 cm³/mol. The smallest absolute Gasteiger partial charge is 0.199 e. The van der Waals surface area contributed by atoms with Crippen LogP contribution >= 0.6 is 15.9 Å². The Hall–Kier alpha value is -1.10. The molecule has 0 aliphatic carbocycles. The van der Waals surface area contributed by atoms with Crippen LogP contribution in [0.4, 0.5) is 0 Å². The molecule has 2 aromatic heterocycles. The molecule has 5 heteroatoms. The van der Waals surface area contributed by atoms with Crippen LogP contribution < -0.4 is 4.74 Å². The van der Waals surface area contributed by atoms with Crippen molar-refractivity contribution in [2.75, 3.05) is 7.11 Å². The van der Waals surface area contributed by atoms with E-state index in [0.29, 0.717) is 0 Å². The van der Waals surface area contributed by atoms with Crippen molar-refractivity contribution >= 4 is 21.6 Å². The van der Waals surface area contributed by atoms with E-state index in [9.17, 15) is 0 Å². The van der Waals surface area contributed by atoms with Gasteiger partial charge in [0.2, 0.25) is 0 Å². The Kier molecular flexibility index (Phi) is 1.95. The fraction of sp³-hybridized carbons (Fsp3) is 0.250. The summed E-state index contributed by atoms with van der Waals surface area (Å²) in [7, 11) is 1.62. The number of rotatable bonds is 1. The average Bonchev–Trinajstić information content (AvgIpc) is 2.48. The van der Waals surface area contributed by atoms with Gasteiger partial charge in [0.05, 0.1) is 7.11 Å². The van der Waals surface area contributed by atoms with Crippen molar-refractivity contribution in [3.63, 3.8) is 0 Å². The van der Waals surface area contributed by atoms with Crippen molar-refractivity contribution in [3.8, 4) is 5.75 Å². The molecule has 4 nitrogen and oxygen atoms in total. The molecular weight excluding hydrogens is 234 g/mol. The lowest BCUT2D eigenvalue weighted by Crippen LogP contribution is -1.93. The van der Waals surface area contributed by atoms with Crippen molar-refractivity contribution in [2.45, 2.75) is 6.92 Å². The van der Waals surface area contributed by atoms with E-state index in [-0.39, 0.29) is 0 Å². The Morgan fingerprint density at radius 3 is 2.92 bits per heavy atom. The molecule has 0 aromatic carbocycles. The molecule has 0 aliphatic heterocycles. The van der Waals surface area contributed by atoms with Gasteiger partial charge in [0.1, 0.15) is 10.4 Å². The third-order valence-electron chi connectivity index (χ3n) is 1.73. The monoisotopic (exact) mass is 241 g/mol. The lowest BCUT2D eigenvalue weighted by Gasteiger charge is -2.01. The van der Waals surface area contributed by atoms with Crippen molar-refractivity contribution in [1.29, 1.82) is 0 Å². The molecule has 0 aliphatic rings. The fourth-order valence-corrected chi connectivity index (χ4v) is 1.55. The minimum absolute atomic E-state index is 0.726. The summed E-state index contributed by atoms with van der Waals surface area (Å²) in [6, 6.07) is 3.73. The van der Waals surface area contributed by atoms with Gasteiger partial charge in [-0.15, -0.1) is 0 Å². The van der Waals surface area contributed by atoms with Gasteiger partial charge in [-0.25, -0.2) is 9.50 Å². The maximum atomic E-state index is 5.15. The lowest BCUT2D eigenvalue weighted by molar-refractivity contribution is 0.416. The SMILES string of the molecule is COc1ccc(Br)n2nc(C)nc12. The van der Waals surface area contributed by atoms with Crippen molar-refractivity contribution in [3.05, 3.63) is 22.6 Å². The number of methoxy groups -OCH3 is 1. The molecule has 0 fully saturated rings. The number of fused-ring (bicyclic) bond motifs is 1. The number of pyridine rings is 1. The zero-order chi connectivity index (χ0) is 9.42. The van der Waals surface area contributed by atoms with Gasteiger partial charge in [-0.05, 0) is 35.0 Å². The zero-order valence-corrected chi connectivity index (χ0v) is 8.87. The highest BCUT2D eigenvalue weighted by molar-refractivity contribution is 9.10. The molecule has 13 heavy (non-hydrogen) atoms. The van der Waals surface area contributed by atoms with Crippen LogP contribution in [-0.2, 0) is 0 Å². The first-order valence-corrected chi connectivity index (χ1v) is 4.57. The topological polar surface area (TPSA) is 39.4 Å². The second kappa shape index (κ2) is 2.99. The summed E-state index contributed by atoms with van der Waals surface area (Å²) in [4.78, 5) is 4.24. The molecule has 0 saturated carbocycles. The minimum Gasteiger partial charge on any atom is -0.493 e. The molecule has 0 amide bonds. The summed E-state index contributed by atoms with van der Waals surface area (Å²) in [6.07, 6.45) is 0. The molecule has 0 bridgehead atoms. The number of aryl methyl sites for hydroxylation is 1. The van der Waals surface area contributed by atoms with Gasteiger partial charge < -0.3 is 4.74 Å². The predicted octanol–water partition coefficient (Wildman–Crippen LogP) is 1.81. The highest BCUT2D eigenvalue weighted by Gasteiger charge is 2.07. The first-order chi connectivity index (χ1) is 6.22. The Balaban J connectivity index is 2.83. The van der Waals surface area contributed by atoms with Gasteiger partial charge in [0.25, 0.3) is 0 Å². The summed E-state index contributed by atoms with van der Waals surface area (Å²) in [6.45, 7) is 1.85.